The van der Waals surface area contributed by atoms with Gasteiger partial charge in [0.05, 0.1) is 11.8 Å². The molecule has 0 unspecified atom stereocenters. The fourth-order valence-corrected chi connectivity index (χ4v) is 5.21. The number of hydrogen-bond acceptors (Lipinski definition) is 5. The standard InChI is InChI=1S/C21H29N5OS/c27-20(16-28-21-22-23-24-26(21)19-8-4-5-9-19)25-14-12-18(13-15-25)11-10-17-6-2-1-3-7-17/h1-3,6-7,18-19H,4-5,8-16H2. The van der Waals surface area contributed by atoms with Crippen LogP contribution in [0.25, 0.3) is 0 Å². The first kappa shape index (κ1) is 19.4. The van der Waals surface area contributed by atoms with Crippen LogP contribution < -0.4 is 0 Å². The molecule has 2 heterocycles. The fourth-order valence-electron chi connectivity index (χ4n) is 4.36. The molecule has 7 heteroatoms. The molecule has 1 aliphatic carbocycles. The predicted octanol–water partition coefficient (Wildman–Crippen LogP) is 3.75. The van der Waals surface area contributed by atoms with Crippen molar-refractivity contribution in [3.63, 3.8) is 0 Å². The molecule has 150 valence electrons. The Morgan fingerprint density at radius 1 is 1.07 bits per heavy atom. The van der Waals surface area contributed by atoms with E-state index in [1.165, 1.54) is 36.6 Å². The Labute approximate surface area is 171 Å². The number of benzene rings is 1. The van der Waals surface area contributed by atoms with Crippen molar-refractivity contribution in [3.05, 3.63) is 35.9 Å². The SMILES string of the molecule is O=C(CSc1nnnn1C1CCCC1)N1CCC(CCc2ccccc2)CC1. The number of hydrogen-bond donors (Lipinski definition) is 0. The molecule has 2 aliphatic rings. The minimum Gasteiger partial charge on any atom is -0.342 e. The summed E-state index contributed by atoms with van der Waals surface area (Å²) in [6.45, 7) is 1.76. The summed E-state index contributed by atoms with van der Waals surface area (Å²) in [6, 6.07) is 11.1. The number of thioether (sulfide) groups is 1. The van der Waals surface area contributed by atoms with Crippen LogP contribution in [0.1, 0.15) is 56.6 Å². The maximum atomic E-state index is 12.6. The Hall–Kier alpha value is -1.89. The summed E-state index contributed by atoms with van der Waals surface area (Å²) in [5, 5.41) is 12.9. The van der Waals surface area contributed by atoms with Crippen molar-refractivity contribution >= 4 is 17.7 Å². The van der Waals surface area contributed by atoms with E-state index in [1.807, 2.05) is 9.58 Å². The van der Waals surface area contributed by atoms with E-state index in [0.29, 0.717) is 11.8 Å². The van der Waals surface area contributed by atoms with Gasteiger partial charge in [0.1, 0.15) is 0 Å². The molecule has 0 bridgehead atoms. The third kappa shape index (κ3) is 4.93. The lowest BCUT2D eigenvalue weighted by Crippen LogP contribution is -2.39. The molecule has 1 saturated heterocycles. The van der Waals surface area contributed by atoms with Crippen molar-refractivity contribution in [1.82, 2.24) is 25.1 Å². The highest BCUT2D eigenvalue weighted by atomic mass is 32.2. The number of rotatable bonds is 7. The third-order valence-electron chi connectivity index (χ3n) is 6.11. The molecule has 1 aromatic heterocycles. The summed E-state index contributed by atoms with van der Waals surface area (Å²) in [7, 11) is 0. The van der Waals surface area contributed by atoms with Gasteiger partial charge in [-0.25, -0.2) is 4.68 Å². The van der Waals surface area contributed by atoms with Gasteiger partial charge < -0.3 is 4.90 Å². The van der Waals surface area contributed by atoms with Gasteiger partial charge in [-0.3, -0.25) is 4.79 Å². The van der Waals surface area contributed by atoms with Gasteiger partial charge in [0, 0.05) is 13.1 Å². The van der Waals surface area contributed by atoms with Crippen molar-refractivity contribution in [1.29, 1.82) is 0 Å². The zero-order chi connectivity index (χ0) is 19.2. The average Bonchev–Trinajstić information content (AvgIpc) is 3.43. The summed E-state index contributed by atoms with van der Waals surface area (Å²) >= 11 is 1.49. The Bertz CT molecular complexity index is 751. The van der Waals surface area contributed by atoms with Crippen LogP contribution in [-0.2, 0) is 11.2 Å². The predicted molar refractivity (Wildman–Crippen MR) is 110 cm³/mol. The van der Waals surface area contributed by atoms with Gasteiger partial charge in [0.15, 0.2) is 0 Å². The Morgan fingerprint density at radius 3 is 2.57 bits per heavy atom. The smallest absolute Gasteiger partial charge is 0.233 e. The van der Waals surface area contributed by atoms with Gasteiger partial charge in [0.25, 0.3) is 0 Å². The number of aromatic nitrogens is 4. The van der Waals surface area contributed by atoms with Crippen LogP contribution in [0.15, 0.2) is 35.5 Å². The molecule has 0 N–H and O–H groups in total. The minimum atomic E-state index is 0.215. The van der Waals surface area contributed by atoms with Crippen molar-refractivity contribution in [2.24, 2.45) is 5.92 Å². The number of carbonyl (C=O) groups is 1. The van der Waals surface area contributed by atoms with Crippen molar-refractivity contribution < 1.29 is 4.79 Å². The molecule has 4 rings (SSSR count). The number of aryl methyl sites for hydroxylation is 1. The summed E-state index contributed by atoms with van der Waals surface area (Å²) in [6.07, 6.45) is 9.35. The molecule has 2 fully saturated rings. The van der Waals surface area contributed by atoms with E-state index in [9.17, 15) is 4.79 Å². The van der Waals surface area contributed by atoms with E-state index in [2.05, 4.69) is 45.9 Å². The number of carbonyl (C=O) groups excluding carboxylic acids is 1. The molecule has 1 aliphatic heterocycles. The molecule has 0 radical (unpaired) electrons. The van der Waals surface area contributed by atoms with Crippen molar-refractivity contribution in [2.75, 3.05) is 18.8 Å². The first-order valence-corrected chi connectivity index (χ1v) is 11.5. The second-order valence-corrected chi connectivity index (χ2v) is 8.92. The van der Waals surface area contributed by atoms with Crippen LogP contribution in [0.3, 0.4) is 0 Å². The molecule has 6 nitrogen and oxygen atoms in total. The molecule has 1 amide bonds. The average molecular weight is 400 g/mol. The van der Waals surface area contributed by atoms with E-state index >= 15 is 0 Å². The summed E-state index contributed by atoms with van der Waals surface area (Å²) in [5.41, 5.74) is 1.41. The number of tetrazole rings is 1. The Balaban J connectivity index is 1.20. The second kappa shape index (κ2) is 9.54. The lowest BCUT2D eigenvalue weighted by Gasteiger charge is -2.32. The molecule has 2 aromatic rings. The van der Waals surface area contributed by atoms with Gasteiger partial charge >= 0.3 is 0 Å². The van der Waals surface area contributed by atoms with E-state index in [0.717, 1.165) is 56.3 Å². The molecular weight excluding hydrogens is 370 g/mol. The second-order valence-electron chi connectivity index (χ2n) is 7.98. The monoisotopic (exact) mass is 399 g/mol. The minimum absolute atomic E-state index is 0.215. The summed E-state index contributed by atoms with van der Waals surface area (Å²) < 4.78 is 1.93. The van der Waals surface area contributed by atoms with Crippen LogP contribution in [0.5, 0.6) is 0 Å². The zero-order valence-corrected chi connectivity index (χ0v) is 17.2. The van der Waals surface area contributed by atoms with E-state index in [4.69, 9.17) is 0 Å². The highest BCUT2D eigenvalue weighted by Gasteiger charge is 2.25. The quantitative estimate of drug-likeness (QED) is 0.664. The van der Waals surface area contributed by atoms with Crippen LogP contribution in [0, 0.1) is 5.92 Å². The molecule has 0 spiro atoms. The number of piperidine rings is 1. The lowest BCUT2D eigenvalue weighted by atomic mass is 9.90. The first-order chi connectivity index (χ1) is 13.8. The van der Waals surface area contributed by atoms with Gasteiger partial charge in [-0.15, -0.1) is 5.10 Å². The van der Waals surface area contributed by atoms with Crippen LogP contribution in [-0.4, -0.2) is 49.9 Å². The van der Waals surface area contributed by atoms with Crippen LogP contribution in [0.4, 0.5) is 0 Å². The highest BCUT2D eigenvalue weighted by molar-refractivity contribution is 7.99. The molecule has 28 heavy (non-hydrogen) atoms. The molecule has 1 aromatic carbocycles. The lowest BCUT2D eigenvalue weighted by molar-refractivity contribution is -0.129. The topological polar surface area (TPSA) is 63.9 Å². The molecular formula is C21H29N5OS. The fraction of sp³-hybridized carbons (Fsp3) is 0.619. The van der Waals surface area contributed by atoms with Crippen molar-refractivity contribution in [3.8, 4) is 0 Å². The van der Waals surface area contributed by atoms with Crippen molar-refractivity contribution in [2.45, 2.75) is 62.6 Å². The highest BCUT2D eigenvalue weighted by Crippen LogP contribution is 2.31. The van der Waals surface area contributed by atoms with Crippen LogP contribution in [0.2, 0.25) is 0 Å². The van der Waals surface area contributed by atoms with E-state index in [-0.39, 0.29) is 5.91 Å². The largest absolute Gasteiger partial charge is 0.342 e. The summed E-state index contributed by atoms with van der Waals surface area (Å²) in [5.74, 6) is 1.38. The normalized spacial score (nSPS) is 18.6. The maximum Gasteiger partial charge on any atom is 0.233 e. The maximum absolute atomic E-state index is 12.6. The number of likely N-dealkylation sites (tertiary alicyclic amines) is 1. The third-order valence-corrected chi connectivity index (χ3v) is 7.03. The Kier molecular flexibility index (Phi) is 6.62. The van der Waals surface area contributed by atoms with E-state index in [1.54, 1.807) is 0 Å². The number of amides is 1. The van der Waals surface area contributed by atoms with Crippen LogP contribution >= 0.6 is 11.8 Å². The molecule has 1 saturated carbocycles. The van der Waals surface area contributed by atoms with Gasteiger partial charge in [0.2, 0.25) is 11.1 Å². The van der Waals surface area contributed by atoms with E-state index < -0.39 is 0 Å². The first-order valence-electron chi connectivity index (χ1n) is 10.5. The zero-order valence-electron chi connectivity index (χ0n) is 16.4. The summed E-state index contributed by atoms with van der Waals surface area (Å²) in [4.78, 5) is 14.7. The van der Waals surface area contributed by atoms with Gasteiger partial charge in [-0.05, 0) is 60.4 Å². The molecule has 0 atom stereocenters. The number of nitrogens with zero attached hydrogens (tertiary/aromatic N) is 5. The van der Waals surface area contributed by atoms with Gasteiger partial charge in [-0.1, -0.05) is 54.9 Å². The van der Waals surface area contributed by atoms with Gasteiger partial charge in [-0.2, -0.15) is 0 Å². The Morgan fingerprint density at radius 2 is 1.82 bits per heavy atom.